The molecule has 0 amide bonds. The first-order valence-corrected chi connectivity index (χ1v) is 7.25. The zero-order valence-corrected chi connectivity index (χ0v) is 13.0. The molecule has 1 atom stereocenters. The number of nitrogens with two attached hydrogens (primary N) is 1. The molecule has 0 fully saturated rings. The third-order valence-corrected chi connectivity index (χ3v) is 3.49. The van der Waals surface area contributed by atoms with Crippen molar-refractivity contribution in [3.8, 4) is 5.75 Å². The minimum Gasteiger partial charge on any atom is -0.489 e. The molecule has 0 aliphatic carbocycles. The van der Waals surface area contributed by atoms with Crippen molar-refractivity contribution in [3.63, 3.8) is 0 Å². The summed E-state index contributed by atoms with van der Waals surface area (Å²) in [7, 11) is 0. The molecule has 0 aliphatic heterocycles. The summed E-state index contributed by atoms with van der Waals surface area (Å²) in [5, 5.41) is 0.663. The highest BCUT2D eigenvalue weighted by atomic mass is 35.5. The fraction of sp³-hybridized carbons (Fsp3) is 0.294. The number of hydrogen-bond donors (Lipinski definition) is 1. The van der Waals surface area contributed by atoms with Gasteiger partial charge in [0.2, 0.25) is 0 Å². The van der Waals surface area contributed by atoms with Crippen molar-refractivity contribution >= 4 is 11.6 Å². The molecule has 21 heavy (non-hydrogen) atoms. The average Bonchev–Trinajstić information content (AvgIpc) is 2.39. The zero-order chi connectivity index (χ0) is 15.4. The van der Waals surface area contributed by atoms with Crippen molar-refractivity contribution in [2.75, 3.05) is 0 Å². The second-order valence-corrected chi connectivity index (χ2v) is 5.73. The summed E-state index contributed by atoms with van der Waals surface area (Å²) in [6.07, 6.45) is 0.693. The fourth-order valence-corrected chi connectivity index (χ4v) is 2.37. The molecule has 2 aromatic carbocycles. The van der Waals surface area contributed by atoms with Gasteiger partial charge in [0.1, 0.15) is 18.2 Å². The molecule has 0 bridgehead atoms. The van der Waals surface area contributed by atoms with Gasteiger partial charge >= 0.3 is 0 Å². The van der Waals surface area contributed by atoms with Crippen LogP contribution in [0, 0.1) is 12.7 Å². The van der Waals surface area contributed by atoms with Crippen molar-refractivity contribution in [1.29, 1.82) is 0 Å². The summed E-state index contributed by atoms with van der Waals surface area (Å²) in [6.45, 7) is 4.20. The Hall–Kier alpha value is -1.58. The van der Waals surface area contributed by atoms with Gasteiger partial charge in [0.15, 0.2) is 0 Å². The van der Waals surface area contributed by atoms with Crippen molar-refractivity contribution < 1.29 is 9.13 Å². The SMILES string of the molecule is Cc1cc(F)ccc1COc1ccc(Cl)cc1CC(C)N. The molecule has 0 radical (unpaired) electrons. The normalized spacial score (nSPS) is 12.2. The Bertz CT molecular complexity index is 628. The van der Waals surface area contributed by atoms with E-state index in [1.807, 2.05) is 26.0 Å². The first-order chi connectivity index (χ1) is 9.95. The Balaban J connectivity index is 2.15. The highest BCUT2D eigenvalue weighted by Crippen LogP contribution is 2.25. The van der Waals surface area contributed by atoms with E-state index in [-0.39, 0.29) is 11.9 Å². The molecule has 0 saturated carbocycles. The van der Waals surface area contributed by atoms with Crippen LogP contribution in [0.5, 0.6) is 5.75 Å². The van der Waals surface area contributed by atoms with Gasteiger partial charge in [0.05, 0.1) is 0 Å². The highest BCUT2D eigenvalue weighted by molar-refractivity contribution is 6.30. The van der Waals surface area contributed by atoms with Gasteiger partial charge < -0.3 is 10.5 Å². The lowest BCUT2D eigenvalue weighted by molar-refractivity contribution is 0.301. The van der Waals surface area contributed by atoms with Gasteiger partial charge in [-0.1, -0.05) is 17.7 Å². The molecule has 2 nitrogen and oxygen atoms in total. The lowest BCUT2D eigenvalue weighted by atomic mass is 10.1. The molecular formula is C17H19ClFNO. The number of halogens is 2. The molecule has 2 N–H and O–H groups in total. The van der Waals surface area contributed by atoms with E-state index in [0.717, 1.165) is 22.4 Å². The maximum absolute atomic E-state index is 13.1. The number of benzene rings is 2. The summed E-state index contributed by atoms with van der Waals surface area (Å²) in [5.74, 6) is 0.529. The number of aryl methyl sites for hydroxylation is 1. The molecule has 2 aromatic rings. The van der Waals surface area contributed by atoms with E-state index in [1.165, 1.54) is 12.1 Å². The maximum atomic E-state index is 13.1. The Morgan fingerprint density at radius 2 is 1.95 bits per heavy atom. The lowest BCUT2D eigenvalue weighted by Crippen LogP contribution is -2.18. The number of ether oxygens (including phenoxy) is 1. The summed E-state index contributed by atoms with van der Waals surface area (Å²) < 4.78 is 19.0. The van der Waals surface area contributed by atoms with Gasteiger partial charge in [-0.2, -0.15) is 0 Å². The standard InChI is InChI=1S/C17H19ClFNO/c1-11-7-16(19)5-3-13(11)10-21-17-6-4-15(18)9-14(17)8-12(2)20/h3-7,9,12H,8,10,20H2,1-2H3. The summed E-state index contributed by atoms with van der Waals surface area (Å²) in [5.41, 5.74) is 8.66. The first-order valence-electron chi connectivity index (χ1n) is 6.87. The molecule has 0 saturated heterocycles. The van der Waals surface area contributed by atoms with E-state index in [9.17, 15) is 4.39 Å². The third kappa shape index (κ3) is 4.45. The van der Waals surface area contributed by atoms with Gasteiger partial charge in [0, 0.05) is 11.1 Å². The second-order valence-electron chi connectivity index (χ2n) is 5.29. The van der Waals surface area contributed by atoms with Crippen LogP contribution >= 0.6 is 11.6 Å². The Morgan fingerprint density at radius 1 is 1.19 bits per heavy atom. The molecule has 1 unspecified atom stereocenters. The van der Waals surface area contributed by atoms with Gasteiger partial charge in [0.25, 0.3) is 0 Å². The van der Waals surface area contributed by atoms with Crippen LogP contribution in [0.3, 0.4) is 0 Å². The Kier molecular flexibility index (Phi) is 5.21. The Morgan fingerprint density at radius 3 is 2.62 bits per heavy atom. The minimum absolute atomic E-state index is 0.0263. The number of hydrogen-bond acceptors (Lipinski definition) is 2. The Labute approximate surface area is 129 Å². The largest absolute Gasteiger partial charge is 0.489 e. The van der Waals surface area contributed by atoms with Crippen LogP contribution in [0.25, 0.3) is 0 Å². The highest BCUT2D eigenvalue weighted by Gasteiger charge is 2.08. The van der Waals surface area contributed by atoms with Crippen LogP contribution in [0.1, 0.15) is 23.6 Å². The molecule has 4 heteroatoms. The van der Waals surface area contributed by atoms with E-state index in [0.29, 0.717) is 18.1 Å². The maximum Gasteiger partial charge on any atom is 0.123 e. The van der Waals surface area contributed by atoms with Gasteiger partial charge in [-0.25, -0.2) is 4.39 Å². The van der Waals surface area contributed by atoms with Gasteiger partial charge in [-0.05, 0) is 67.3 Å². The average molecular weight is 308 g/mol. The smallest absolute Gasteiger partial charge is 0.123 e. The van der Waals surface area contributed by atoms with Crippen molar-refractivity contribution in [3.05, 3.63) is 63.9 Å². The molecule has 0 spiro atoms. The molecule has 112 valence electrons. The predicted molar refractivity (Wildman–Crippen MR) is 84.3 cm³/mol. The van der Waals surface area contributed by atoms with Gasteiger partial charge in [-0.3, -0.25) is 0 Å². The van der Waals surface area contributed by atoms with Crippen LogP contribution in [-0.4, -0.2) is 6.04 Å². The summed E-state index contributed by atoms with van der Waals surface area (Å²) >= 11 is 6.02. The summed E-state index contributed by atoms with van der Waals surface area (Å²) in [4.78, 5) is 0. The third-order valence-electron chi connectivity index (χ3n) is 3.25. The first kappa shape index (κ1) is 15.8. The molecule has 2 rings (SSSR count). The lowest BCUT2D eigenvalue weighted by Gasteiger charge is -2.14. The predicted octanol–water partition coefficient (Wildman–Crippen LogP) is 4.26. The molecule has 0 aromatic heterocycles. The van der Waals surface area contributed by atoms with Crippen LogP contribution in [0.4, 0.5) is 4.39 Å². The van der Waals surface area contributed by atoms with E-state index in [1.54, 1.807) is 12.1 Å². The van der Waals surface area contributed by atoms with Crippen LogP contribution in [-0.2, 0) is 13.0 Å². The van der Waals surface area contributed by atoms with Crippen molar-refractivity contribution in [2.24, 2.45) is 5.73 Å². The van der Waals surface area contributed by atoms with E-state index in [4.69, 9.17) is 22.1 Å². The van der Waals surface area contributed by atoms with E-state index < -0.39 is 0 Å². The van der Waals surface area contributed by atoms with Crippen LogP contribution in [0.2, 0.25) is 5.02 Å². The van der Waals surface area contributed by atoms with E-state index >= 15 is 0 Å². The topological polar surface area (TPSA) is 35.2 Å². The second kappa shape index (κ2) is 6.92. The monoisotopic (exact) mass is 307 g/mol. The fourth-order valence-electron chi connectivity index (χ4n) is 2.17. The van der Waals surface area contributed by atoms with Crippen molar-refractivity contribution in [1.82, 2.24) is 0 Å². The number of rotatable bonds is 5. The van der Waals surface area contributed by atoms with E-state index in [2.05, 4.69) is 0 Å². The van der Waals surface area contributed by atoms with Gasteiger partial charge in [-0.15, -0.1) is 0 Å². The molecular weight excluding hydrogens is 289 g/mol. The minimum atomic E-state index is -0.236. The van der Waals surface area contributed by atoms with Crippen LogP contribution in [0.15, 0.2) is 36.4 Å². The summed E-state index contributed by atoms with van der Waals surface area (Å²) in [6, 6.07) is 10.2. The zero-order valence-electron chi connectivity index (χ0n) is 12.2. The van der Waals surface area contributed by atoms with Crippen molar-refractivity contribution in [2.45, 2.75) is 32.9 Å². The quantitative estimate of drug-likeness (QED) is 0.896. The molecule has 0 heterocycles. The molecule has 0 aliphatic rings. The van der Waals surface area contributed by atoms with Crippen LogP contribution < -0.4 is 10.5 Å².